The van der Waals surface area contributed by atoms with Crippen LogP contribution in [0.5, 0.6) is 0 Å². The fourth-order valence-corrected chi connectivity index (χ4v) is 0.569. The van der Waals surface area contributed by atoms with Crippen LogP contribution in [0.3, 0.4) is 0 Å². The van der Waals surface area contributed by atoms with E-state index in [0.717, 1.165) is 18.6 Å². The average Bonchev–Trinajstić information content (AvgIpc) is 2.41. The second-order valence-electron chi connectivity index (χ2n) is 2.66. The van der Waals surface area contributed by atoms with Crippen molar-refractivity contribution in [2.24, 2.45) is 5.92 Å². The van der Waals surface area contributed by atoms with Crippen molar-refractivity contribution in [3.8, 4) is 0 Å². The van der Waals surface area contributed by atoms with Gasteiger partial charge in [-0.1, -0.05) is 0 Å². The van der Waals surface area contributed by atoms with Crippen molar-refractivity contribution in [3.05, 3.63) is 6.10 Å². The summed E-state index contributed by atoms with van der Waals surface area (Å²) >= 11 is 0. The maximum absolute atomic E-state index is 5.28. The molecule has 1 aliphatic carbocycles. The molecule has 0 bridgehead atoms. The van der Waals surface area contributed by atoms with E-state index in [1.807, 2.05) is 13.8 Å². The normalized spacial score (nSPS) is 19.9. The highest BCUT2D eigenvalue weighted by atomic mass is 16.5. The van der Waals surface area contributed by atoms with Crippen molar-refractivity contribution >= 4 is 0 Å². The topological polar surface area (TPSA) is 9.23 Å². The Balaban J connectivity index is 1.87. The van der Waals surface area contributed by atoms with E-state index in [1.54, 1.807) is 0 Å². The highest BCUT2D eigenvalue weighted by molar-refractivity contribution is 4.74. The van der Waals surface area contributed by atoms with Gasteiger partial charge in [0.1, 0.15) is 0 Å². The Labute approximate surface area is 51.0 Å². The first-order valence-corrected chi connectivity index (χ1v) is 3.22. The van der Waals surface area contributed by atoms with Gasteiger partial charge in [0.2, 0.25) is 0 Å². The van der Waals surface area contributed by atoms with E-state index >= 15 is 0 Å². The Bertz CT molecular complexity index is 62.8. The van der Waals surface area contributed by atoms with Crippen molar-refractivity contribution in [2.45, 2.75) is 26.7 Å². The van der Waals surface area contributed by atoms with Crippen LogP contribution < -0.4 is 0 Å². The van der Waals surface area contributed by atoms with Crippen LogP contribution in [-0.2, 0) is 4.74 Å². The molecule has 0 aromatic heterocycles. The molecule has 0 aliphatic heterocycles. The molecular weight excluding hydrogens is 100 g/mol. The predicted octanol–water partition coefficient (Wildman–Crippen LogP) is 1.98. The summed E-state index contributed by atoms with van der Waals surface area (Å²) in [6.07, 6.45) is 3.86. The number of hydrogen-bond acceptors (Lipinski definition) is 1. The summed E-state index contributed by atoms with van der Waals surface area (Å²) in [5.74, 6) is 0.893. The Kier molecular flexibility index (Phi) is 1.90. The molecule has 1 aliphatic rings. The lowest BCUT2D eigenvalue weighted by Crippen LogP contribution is -1.97. The molecule has 0 unspecified atom stereocenters. The molecule has 0 spiro atoms. The quantitative estimate of drug-likeness (QED) is 0.508. The van der Waals surface area contributed by atoms with Gasteiger partial charge in [0.25, 0.3) is 0 Å². The van der Waals surface area contributed by atoms with Crippen LogP contribution in [0.2, 0.25) is 0 Å². The van der Waals surface area contributed by atoms with Gasteiger partial charge >= 0.3 is 0 Å². The molecule has 0 atom stereocenters. The lowest BCUT2D eigenvalue weighted by Gasteiger charge is -2.19. The monoisotopic (exact) mass is 113 g/mol. The molecule has 8 heavy (non-hydrogen) atoms. The maximum atomic E-state index is 5.28. The molecular formula is C7H13O-. The van der Waals surface area contributed by atoms with Crippen LogP contribution in [0.1, 0.15) is 26.7 Å². The molecule has 0 saturated heterocycles. The van der Waals surface area contributed by atoms with Gasteiger partial charge < -0.3 is 4.74 Å². The van der Waals surface area contributed by atoms with E-state index in [0.29, 0.717) is 0 Å². The Morgan fingerprint density at radius 3 is 2.50 bits per heavy atom. The van der Waals surface area contributed by atoms with Gasteiger partial charge in [0, 0.05) is 6.61 Å². The van der Waals surface area contributed by atoms with E-state index in [1.165, 1.54) is 12.8 Å². The average molecular weight is 113 g/mol. The van der Waals surface area contributed by atoms with Gasteiger partial charge in [-0.25, -0.2) is 6.10 Å². The van der Waals surface area contributed by atoms with Gasteiger partial charge in [-0.15, -0.1) is 0 Å². The summed E-state index contributed by atoms with van der Waals surface area (Å²) in [6.45, 7) is 4.97. The van der Waals surface area contributed by atoms with Gasteiger partial charge in [0.15, 0.2) is 0 Å². The standard InChI is InChI=1S/C7H13O/c1-6(2)8-5-7-3-4-7/h7H,3-5H2,1-2H3/q-1. The number of rotatable bonds is 3. The second-order valence-corrected chi connectivity index (χ2v) is 2.66. The minimum absolute atomic E-state index is 0.893. The molecule has 0 amide bonds. The molecule has 48 valence electrons. The first-order chi connectivity index (χ1) is 3.79. The van der Waals surface area contributed by atoms with Crippen LogP contribution in [0.15, 0.2) is 0 Å². The molecule has 1 heteroatoms. The summed E-state index contributed by atoms with van der Waals surface area (Å²) in [7, 11) is 0. The Morgan fingerprint density at radius 1 is 1.50 bits per heavy atom. The SMILES string of the molecule is C[C-](C)OCC1CC1. The summed E-state index contributed by atoms with van der Waals surface area (Å²) < 4.78 is 5.28. The highest BCUT2D eigenvalue weighted by Gasteiger charge is 2.19. The third-order valence-corrected chi connectivity index (χ3v) is 1.30. The van der Waals surface area contributed by atoms with Crippen LogP contribution in [0.25, 0.3) is 0 Å². The Morgan fingerprint density at radius 2 is 2.12 bits per heavy atom. The van der Waals surface area contributed by atoms with E-state index in [9.17, 15) is 0 Å². The van der Waals surface area contributed by atoms with E-state index in [-0.39, 0.29) is 0 Å². The zero-order valence-electron chi connectivity index (χ0n) is 5.61. The van der Waals surface area contributed by atoms with E-state index < -0.39 is 0 Å². The largest absolute Gasteiger partial charge is 0.549 e. The zero-order chi connectivity index (χ0) is 5.98. The van der Waals surface area contributed by atoms with E-state index in [4.69, 9.17) is 4.74 Å². The first kappa shape index (κ1) is 6.09. The molecule has 0 N–H and O–H groups in total. The zero-order valence-corrected chi connectivity index (χ0v) is 5.61. The van der Waals surface area contributed by atoms with Crippen molar-refractivity contribution in [1.29, 1.82) is 0 Å². The fraction of sp³-hybridized carbons (Fsp3) is 0.857. The maximum Gasteiger partial charge on any atom is 0.0143 e. The number of ether oxygens (including phenoxy) is 1. The van der Waals surface area contributed by atoms with Gasteiger partial charge in [0.05, 0.1) is 0 Å². The lowest BCUT2D eigenvalue weighted by atomic mass is 10.4. The third-order valence-electron chi connectivity index (χ3n) is 1.30. The molecule has 0 heterocycles. The van der Waals surface area contributed by atoms with Crippen molar-refractivity contribution in [2.75, 3.05) is 6.61 Å². The highest BCUT2D eigenvalue weighted by Crippen LogP contribution is 2.29. The molecule has 0 radical (unpaired) electrons. The van der Waals surface area contributed by atoms with Gasteiger partial charge in [-0.3, -0.25) is 0 Å². The van der Waals surface area contributed by atoms with Crippen molar-refractivity contribution in [1.82, 2.24) is 0 Å². The molecule has 1 rings (SSSR count). The summed E-state index contributed by atoms with van der Waals surface area (Å²) in [4.78, 5) is 0. The predicted molar refractivity (Wildman–Crippen MR) is 33.3 cm³/mol. The second kappa shape index (κ2) is 2.49. The minimum Gasteiger partial charge on any atom is -0.549 e. The third kappa shape index (κ3) is 2.31. The van der Waals surface area contributed by atoms with Crippen molar-refractivity contribution in [3.63, 3.8) is 0 Å². The minimum atomic E-state index is 0.893. The van der Waals surface area contributed by atoms with Crippen molar-refractivity contribution < 1.29 is 4.74 Å². The molecule has 1 nitrogen and oxygen atoms in total. The molecule has 0 aromatic rings. The lowest BCUT2D eigenvalue weighted by molar-refractivity contribution is 0.146. The fourth-order valence-electron chi connectivity index (χ4n) is 0.569. The van der Waals surface area contributed by atoms with Crippen LogP contribution in [-0.4, -0.2) is 6.61 Å². The summed E-state index contributed by atoms with van der Waals surface area (Å²) in [5, 5.41) is 0. The van der Waals surface area contributed by atoms with Gasteiger partial charge in [-0.05, 0) is 18.8 Å². The van der Waals surface area contributed by atoms with Crippen LogP contribution in [0, 0.1) is 12.0 Å². The van der Waals surface area contributed by atoms with Crippen LogP contribution >= 0.6 is 0 Å². The van der Waals surface area contributed by atoms with E-state index in [2.05, 4.69) is 0 Å². The first-order valence-electron chi connectivity index (χ1n) is 3.22. The smallest absolute Gasteiger partial charge is 0.0143 e. The summed E-state index contributed by atoms with van der Waals surface area (Å²) in [5.41, 5.74) is 0. The van der Waals surface area contributed by atoms with Crippen LogP contribution in [0.4, 0.5) is 0 Å². The Hall–Kier alpha value is -0.0400. The number of hydrogen-bond donors (Lipinski definition) is 0. The summed E-state index contributed by atoms with van der Waals surface area (Å²) in [6, 6.07) is 0. The molecule has 0 aromatic carbocycles. The molecule has 1 fully saturated rings. The molecule has 1 saturated carbocycles. The van der Waals surface area contributed by atoms with Gasteiger partial charge in [-0.2, -0.15) is 13.8 Å².